The van der Waals surface area contributed by atoms with Crippen molar-refractivity contribution in [1.82, 2.24) is 14.9 Å². The minimum atomic E-state index is -0.668. The summed E-state index contributed by atoms with van der Waals surface area (Å²) in [6.07, 6.45) is 2.69. The number of aliphatic hydroxyl groups is 1. The maximum absolute atomic E-state index is 14.2. The number of halogens is 1. The molecule has 1 aromatic carbocycles. The van der Waals surface area contributed by atoms with Crippen molar-refractivity contribution < 1.29 is 14.3 Å². The van der Waals surface area contributed by atoms with Gasteiger partial charge in [0.1, 0.15) is 11.6 Å². The molecule has 0 radical (unpaired) electrons. The van der Waals surface area contributed by atoms with E-state index in [1.807, 2.05) is 13.8 Å². The van der Waals surface area contributed by atoms with E-state index >= 15 is 0 Å². The lowest BCUT2D eigenvalue weighted by Crippen LogP contribution is -2.29. The van der Waals surface area contributed by atoms with Gasteiger partial charge in [-0.3, -0.25) is 4.79 Å². The largest absolute Gasteiger partial charge is 0.392 e. The Balaban J connectivity index is 1.99. The van der Waals surface area contributed by atoms with Gasteiger partial charge >= 0.3 is 0 Å². The number of rotatable bonds is 6. The van der Waals surface area contributed by atoms with Crippen molar-refractivity contribution >= 4 is 5.91 Å². The van der Waals surface area contributed by atoms with Crippen LogP contribution in [0.3, 0.4) is 0 Å². The number of hydrogen-bond acceptors (Lipinski definition) is 3. The lowest BCUT2D eigenvalue weighted by molar-refractivity contribution is -0.123. The summed E-state index contributed by atoms with van der Waals surface area (Å²) < 4.78 is 15.9. The van der Waals surface area contributed by atoms with Gasteiger partial charge in [-0.15, -0.1) is 0 Å². The predicted molar refractivity (Wildman–Crippen MR) is 85.6 cm³/mol. The number of amides is 1. The Morgan fingerprint density at radius 3 is 2.74 bits per heavy atom. The number of carbonyl (C=O) groups excluding carboxylic acids is 1. The Labute approximate surface area is 135 Å². The molecule has 5 nitrogen and oxygen atoms in total. The fourth-order valence-corrected chi connectivity index (χ4v) is 2.19. The highest BCUT2D eigenvalue weighted by atomic mass is 19.1. The highest BCUT2D eigenvalue weighted by molar-refractivity contribution is 5.76. The standard InChI is InChI=1S/C17H22FN3O2/c1-11(2)16(22)9-17(23)20-10-13-4-5-15(14(18)8-13)21-7-6-19-12(21)3/h4-8,11,16,22H,9-10H2,1-3H3,(H,20,23). The van der Waals surface area contributed by atoms with E-state index in [0.717, 1.165) is 0 Å². The third-order valence-electron chi connectivity index (χ3n) is 3.75. The molecule has 0 saturated heterocycles. The molecule has 0 aliphatic rings. The summed E-state index contributed by atoms with van der Waals surface area (Å²) in [7, 11) is 0. The Morgan fingerprint density at radius 1 is 1.43 bits per heavy atom. The van der Waals surface area contributed by atoms with Crippen LogP contribution >= 0.6 is 0 Å². The van der Waals surface area contributed by atoms with Crippen molar-refractivity contribution in [3.8, 4) is 5.69 Å². The third-order valence-corrected chi connectivity index (χ3v) is 3.75. The second kappa shape index (κ2) is 7.37. The first kappa shape index (κ1) is 17.1. The second-order valence-electron chi connectivity index (χ2n) is 5.92. The van der Waals surface area contributed by atoms with Crippen molar-refractivity contribution in [2.45, 2.75) is 39.8 Å². The van der Waals surface area contributed by atoms with Gasteiger partial charge in [-0.25, -0.2) is 9.37 Å². The van der Waals surface area contributed by atoms with Crippen molar-refractivity contribution in [1.29, 1.82) is 0 Å². The Kier molecular flexibility index (Phi) is 5.50. The molecule has 0 bridgehead atoms. The van der Waals surface area contributed by atoms with Crippen LogP contribution in [0.4, 0.5) is 4.39 Å². The molecule has 23 heavy (non-hydrogen) atoms. The summed E-state index contributed by atoms with van der Waals surface area (Å²) in [6, 6.07) is 4.82. The molecule has 1 heterocycles. The molecular formula is C17H22FN3O2. The van der Waals surface area contributed by atoms with Gasteiger partial charge in [-0.05, 0) is 30.5 Å². The first-order chi connectivity index (χ1) is 10.9. The molecule has 0 fully saturated rings. The van der Waals surface area contributed by atoms with Crippen LogP contribution in [0.1, 0.15) is 31.7 Å². The molecule has 1 unspecified atom stereocenters. The van der Waals surface area contributed by atoms with Crippen LogP contribution in [0.5, 0.6) is 0 Å². The van der Waals surface area contributed by atoms with E-state index in [0.29, 0.717) is 17.1 Å². The maximum atomic E-state index is 14.2. The molecule has 1 atom stereocenters. The average Bonchev–Trinajstić information content (AvgIpc) is 2.91. The molecular weight excluding hydrogens is 297 g/mol. The number of nitrogens with zero attached hydrogens (tertiary/aromatic N) is 2. The minimum Gasteiger partial charge on any atom is -0.392 e. The second-order valence-corrected chi connectivity index (χ2v) is 5.92. The van der Waals surface area contributed by atoms with E-state index in [1.54, 1.807) is 36.0 Å². The molecule has 6 heteroatoms. The van der Waals surface area contributed by atoms with Crippen LogP contribution in [0.25, 0.3) is 5.69 Å². The van der Waals surface area contributed by atoms with Gasteiger partial charge in [0.2, 0.25) is 5.91 Å². The number of aromatic nitrogens is 2. The van der Waals surface area contributed by atoms with E-state index in [1.165, 1.54) is 6.07 Å². The molecule has 0 aliphatic heterocycles. The first-order valence-electron chi connectivity index (χ1n) is 7.62. The van der Waals surface area contributed by atoms with Gasteiger partial charge in [0.25, 0.3) is 0 Å². The van der Waals surface area contributed by atoms with Crippen LogP contribution in [-0.4, -0.2) is 26.7 Å². The summed E-state index contributed by atoms with van der Waals surface area (Å²) in [4.78, 5) is 15.8. The zero-order chi connectivity index (χ0) is 17.0. The molecule has 2 aromatic rings. The Bertz CT molecular complexity index is 682. The fourth-order valence-electron chi connectivity index (χ4n) is 2.19. The van der Waals surface area contributed by atoms with Gasteiger partial charge in [0.05, 0.1) is 18.2 Å². The molecule has 124 valence electrons. The van der Waals surface area contributed by atoms with E-state index < -0.39 is 6.10 Å². The molecule has 2 N–H and O–H groups in total. The zero-order valence-corrected chi connectivity index (χ0v) is 13.6. The van der Waals surface area contributed by atoms with Crippen molar-refractivity contribution in [3.05, 3.63) is 47.8 Å². The zero-order valence-electron chi connectivity index (χ0n) is 13.6. The summed E-state index contributed by atoms with van der Waals surface area (Å²) in [5, 5.41) is 12.4. The summed E-state index contributed by atoms with van der Waals surface area (Å²) in [6.45, 7) is 5.73. The van der Waals surface area contributed by atoms with E-state index in [4.69, 9.17) is 0 Å². The van der Waals surface area contributed by atoms with Gasteiger partial charge in [0.15, 0.2) is 0 Å². The van der Waals surface area contributed by atoms with E-state index in [9.17, 15) is 14.3 Å². The smallest absolute Gasteiger partial charge is 0.222 e. The van der Waals surface area contributed by atoms with Crippen LogP contribution < -0.4 is 5.32 Å². The number of imidazole rings is 1. The van der Waals surface area contributed by atoms with E-state index in [2.05, 4.69) is 10.3 Å². The number of hydrogen-bond donors (Lipinski definition) is 2. The summed E-state index contributed by atoms with van der Waals surface area (Å²) in [5.74, 6) is 0.102. The Morgan fingerprint density at radius 2 is 2.17 bits per heavy atom. The van der Waals surface area contributed by atoms with Gasteiger partial charge in [-0.1, -0.05) is 19.9 Å². The van der Waals surface area contributed by atoms with E-state index in [-0.39, 0.29) is 30.6 Å². The van der Waals surface area contributed by atoms with Crippen LogP contribution in [0.2, 0.25) is 0 Å². The van der Waals surface area contributed by atoms with Crippen LogP contribution in [-0.2, 0) is 11.3 Å². The van der Waals surface area contributed by atoms with Gasteiger partial charge in [0, 0.05) is 18.9 Å². The first-order valence-corrected chi connectivity index (χ1v) is 7.62. The van der Waals surface area contributed by atoms with Crippen molar-refractivity contribution in [3.63, 3.8) is 0 Å². The molecule has 2 rings (SSSR count). The number of nitrogens with one attached hydrogen (secondary N) is 1. The highest BCUT2D eigenvalue weighted by Gasteiger charge is 2.14. The highest BCUT2D eigenvalue weighted by Crippen LogP contribution is 2.17. The molecule has 0 aliphatic carbocycles. The van der Waals surface area contributed by atoms with Gasteiger partial charge < -0.3 is 15.0 Å². The third kappa shape index (κ3) is 4.39. The summed E-state index contributed by atoms with van der Waals surface area (Å²) in [5.41, 5.74) is 1.08. The number of benzene rings is 1. The fraction of sp³-hybridized carbons (Fsp3) is 0.412. The minimum absolute atomic E-state index is 0.0240. The molecule has 1 aromatic heterocycles. The average molecular weight is 319 g/mol. The summed E-state index contributed by atoms with van der Waals surface area (Å²) >= 11 is 0. The predicted octanol–water partition coefficient (Wildman–Crippen LogP) is 2.34. The SMILES string of the molecule is Cc1nccn1-c1ccc(CNC(=O)CC(O)C(C)C)cc1F. The lowest BCUT2D eigenvalue weighted by atomic mass is 10.0. The van der Waals surface area contributed by atoms with Crippen molar-refractivity contribution in [2.75, 3.05) is 0 Å². The van der Waals surface area contributed by atoms with Crippen LogP contribution in [0, 0.1) is 18.7 Å². The topological polar surface area (TPSA) is 67.2 Å². The number of aliphatic hydroxyl groups excluding tert-OH is 1. The quantitative estimate of drug-likeness (QED) is 0.859. The number of aryl methyl sites for hydroxylation is 1. The monoisotopic (exact) mass is 319 g/mol. The maximum Gasteiger partial charge on any atom is 0.222 e. The number of carbonyl (C=O) groups is 1. The Hall–Kier alpha value is -2.21. The van der Waals surface area contributed by atoms with Crippen LogP contribution in [0.15, 0.2) is 30.6 Å². The normalized spacial score (nSPS) is 12.4. The van der Waals surface area contributed by atoms with Crippen molar-refractivity contribution in [2.24, 2.45) is 5.92 Å². The molecule has 1 amide bonds. The van der Waals surface area contributed by atoms with Gasteiger partial charge in [-0.2, -0.15) is 0 Å². The molecule has 0 spiro atoms. The molecule has 0 saturated carbocycles. The lowest BCUT2D eigenvalue weighted by Gasteiger charge is -2.14.